The molecule has 0 heterocycles. The summed E-state index contributed by atoms with van der Waals surface area (Å²) < 4.78 is 0. The second-order valence-electron chi connectivity index (χ2n) is 6.64. The van der Waals surface area contributed by atoms with Crippen molar-refractivity contribution in [3.63, 3.8) is 0 Å². The molecule has 0 saturated heterocycles. The van der Waals surface area contributed by atoms with Gasteiger partial charge in [0.05, 0.1) is 6.42 Å². The summed E-state index contributed by atoms with van der Waals surface area (Å²) in [6.07, 6.45) is 1.16. The summed E-state index contributed by atoms with van der Waals surface area (Å²) in [6.45, 7) is 6.88. The second kappa shape index (κ2) is 9.76. The SMILES string of the molecule is CCCNC(=O)[C@@H](C)N(Cc1ccc(C)cc1)C(=O)Cc1ccccc1. The lowest BCUT2D eigenvalue weighted by Gasteiger charge is -2.29. The van der Waals surface area contributed by atoms with E-state index in [0.717, 1.165) is 17.5 Å². The van der Waals surface area contributed by atoms with Crippen LogP contribution in [0.2, 0.25) is 0 Å². The molecule has 1 N–H and O–H groups in total. The van der Waals surface area contributed by atoms with E-state index in [4.69, 9.17) is 0 Å². The lowest BCUT2D eigenvalue weighted by molar-refractivity contribution is -0.140. The number of nitrogens with zero attached hydrogens (tertiary/aromatic N) is 1. The van der Waals surface area contributed by atoms with Crippen LogP contribution >= 0.6 is 0 Å². The van der Waals surface area contributed by atoms with Crippen LogP contribution in [0.3, 0.4) is 0 Å². The van der Waals surface area contributed by atoms with Crippen LogP contribution in [-0.2, 0) is 22.6 Å². The normalized spacial score (nSPS) is 11.7. The van der Waals surface area contributed by atoms with Crippen molar-refractivity contribution in [1.29, 1.82) is 0 Å². The lowest BCUT2D eigenvalue weighted by atomic mass is 10.1. The standard InChI is InChI=1S/C22H28N2O2/c1-4-14-23-22(26)18(3)24(16-20-12-10-17(2)11-13-20)21(25)15-19-8-6-5-7-9-19/h5-13,18H,4,14-16H2,1-3H3,(H,23,26)/t18-/m1/s1. The molecule has 2 aromatic carbocycles. The molecule has 138 valence electrons. The zero-order valence-electron chi connectivity index (χ0n) is 15.9. The molecule has 0 radical (unpaired) electrons. The quantitative estimate of drug-likeness (QED) is 0.791. The fraction of sp³-hybridized carbons (Fsp3) is 0.364. The minimum atomic E-state index is -0.515. The highest BCUT2D eigenvalue weighted by Crippen LogP contribution is 2.13. The molecule has 2 aromatic rings. The van der Waals surface area contributed by atoms with Gasteiger partial charge in [0.1, 0.15) is 6.04 Å². The summed E-state index contributed by atoms with van der Waals surface area (Å²) in [7, 11) is 0. The van der Waals surface area contributed by atoms with Crippen LogP contribution in [0, 0.1) is 6.92 Å². The molecule has 2 amide bonds. The Morgan fingerprint density at radius 3 is 2.27 bits per heavy atom. The highest BCUT2D eigenvalue weighted by Gasteiger charge is 2.25. The summed E-state index contributed by atoms with van der Waals surface area (Å²) in [4.78, 5) is 27.1. The monoisotopic (exact) mass is 352 g/mol. The molecule has 0 aliphatic carbocycles. The topological polar surface area (TPSA) is 49.4 Å². The molecule has 0 aliphatic heterocycles. The summed E-state index contributed by atoms with van der Waals surface area (Å²) in [6, 6.07) is 17.2. The van der Waals surface area contributed by atoms with Crippen molar-refractivity contribution >= 4 is 11.8 Å². The zero-order valence-corrected chi connectivity index (χ0v) is 15.9. The van der Waals surface area contributed by atoms with Gasteiger partial charge in [0.2, 0.25) is 11.8 Å². The third-order valence-electron chi connectivity index (χ3n) is 4.39. The van der Waals surface area contributed by atoms with Gasteiger partial charge in [-0.1, -0.05) is 67.1 Å². The van der Waals surface area contributed by atoms with E-state index >= 15 is 0 Å². The maximum atomic E-state index is 12.9. The number of hydrogen-bond donors (Lipinski definition) is 1. The van der Waals surface area contributed by atoms with Crippen molar-refractivity contribution in [3.8, 4) is 0 Å². The Labute approximate surface area is 156 Å². The van der Waals surface area contributed by atoms with Crippen molar-refractivity contribution in [1.82, 2.24) is 10.2 Å². The molecular formula is C22H28N2O2. The van der Waals surface area contributed by atoms with Crippen molar-refractivity contribution in [2.45, 2.75) is 46.2 Å². The van der Waals surface area contributed by atoms with Gasteiger partial charge in [-0.3, -0.25) is 9.59 Å². The van der Waals surface area contributed by atoms with E-state index in [9.17, 15) is 9.59 Å². The summed E-state index contributed by atoms with van der Waals surface area (Å²) in [5, 5.41) is 2.89. The van der Waals surface area contributed by atoms with Gasteiger partial charge in [-0.15, -0.1) is 0 Å². The molecule has 4 heteroatoms. The predicted molar refractivity (Wildman–Crippen MR) is 105 cm³/mol. The molecule has 2 rings (SSSR count). The number of carbonyl (C=O) groups is 2. The highest BCUT2D eigenvalue weighted by atomic mass is 16.2. The maximum Gasteiger partial charge on any atom is 0.242 e. The smallest absolute Gasteiger partial charge is 0.242 e. The minimum Gasteiger partial charge on any atom is -0.354 e. The van der Waals surface area contributed by atoms with E-state index in [1.54, 1.807) is 11.8 Å². The van der Waals surface area contributed by atoms with E-state index in [0.29, 0.717) is 13.1 Å². The van der Waals surface area contributed by atoms with Gasteiger partial charge in [-0.05, 0) is 31.4 Å². The molecular weight excluding hydrogens is 324 g/mol. The van der Waals surface area contributed by atoms with Crippen LogP contribution in [0.4, 0.5) is 0 Å². The molecule has 0 spiro atoms. The predicted octanol–water partition coefficient (Wildman–Crippen LogP) is 3.48. The Bertz CT molecular complexity index is 711. The van der Waals surface area contributed by atoms with Crippen molar-refractivity contribution in [2.75, 3.05) is 6.54 Å². The van der Waals surface area contributed by atoms with E-state index in [1.807, 2.05) is 68.4 Å². The first-order valence-corrected chi connectivity index (χ1v) is 9.18. The zero-order chi connectivity index (χ0) is 18.9. The first-order valence-electron chi connectivity index (χ1n) is 9.18. The van der Waals surface area contributed by atoms with Crippen LogP contribution in [-0.4, -0.2) is 29.3 Å². The molecule has 0 bridgehead atoms. The Morgan fingerprint density at radius 1 is 1.00 bits per heavy atom. The van der Waals surface area contributed by atoms with Crippen LogP contribution in [0.15, 0.2) is 54.6 Å². The third kappa shape index (κ3) is 5.73. The van der Waals surface area contributed by atoms with E-state index < -0.39 is 6.04 Å². The van der Waals surface area contributed by atoms with Gasteiger partial charge in [0, 0.05) is 13.1 Å². The Kier molecular flexibility index (Phi) is 7.39. The van der Waals surface area contributed by atoms with E-state index in [1.165, 1.54) is 5.56 Å². The van der Waals surface area contributed by atoms with Crippen LogP contribution in [0.5, 0.6) is 0 Å². The minimum absolute atomic E-state index is 0.0454. The van der Waals surface area contributed by atoms with Gasteiger partial charge in [0.25, 0.3) is 0 Å². The van der Waals surface area contributed by atoms with Crippen LogP contribution in [0.25, 0.3) is 0 Å². The number of benzene rings is 2. The molecule has 4 nitrogen and oxygen atoms in total. The Morgan fingerprint density at radius 2 is 1.65 bits per heavy atom. The third-order valence-corrected chi connectivity index (χ3v) is 4.39. The molecule has 0 unspecified atom stereocenters. The maximum absolute atomic E-state index is 12.9. The second-order valence-corrected chi connectivity index (χ2v) is 6.64. The molecule has 0 saturated carbocycles. The molecule has 0 fully saturated rings. The molecule has 0 aliphatic rings. The average molecular weight is 352 g/mol. The van der Waals surface area contributed by atoms with E-state index in [-0.39, 0.29) is 18.2 Å². The first-order chi connectivity index (χ1) is 12.5. The number of aryl methyl sites for hydroxylation is 1. The summed E-state index contributed by atoms with van der Waals surface area (Å²) in [5.41, 5.74) is 3.14. The highest BCUT2D eigenvalue weighted by molar-refractivity contribution is 5.88. The molecule has 26 heavy (non-hydrogen) atoms. The fourth-order valence-electron chi connectivity index (χ4n) is 2.74. The summed E-state index contributed by atoms with van der Waals surface area (Å²) >= 11 is 0. The van der Waals surface area contributed by atoms with Gasteiger partial charge in [-0.25, -0.2) is 0 Å². The Hall–Kier alpha value is -2.62. The Balaban J connectivity index is 2.17. The number of hydrogen-bond acceptors (Lipinski definition) is 2. The molecule has 1 atom stereocenters. The van der Waals surface area contributed by atoms with Crippen LogP contribution in [0.1, 0.15) is 37.0 Å². The van der Waals surface area contributed by atoms with Crippen molar-refractivity contribution in [3.05, 3.63) is 71.3 Å². The van der Waals surface area contributed by atoms with Gasteiger partial charge < -0.3 is 10.2 Å². The molecule has 0 aromatic heterocycles. The summed E-state index contributed by atoms with van der Waals surface area (Å²) in [5.74, 6) is -0.156. The number of amides is 2. The average Bonchev–Trinajstić information content (AvgIpc) is 2.65. The van der Waals surface area contributed by atoms with Crippen molar-refractivity contribution in [2.24, 2.45) is 0 Å². The van der Waals surface area contributed by atoms with Gasteiger partial charge in [-0.2, -0.15) is 0 Å². The van der Waals surface area contributed by atoms with Gasteiger partial charge in [0.15, 0.2) is 0 Å². The van der Waals surface area contributed by atoms with E-state index in [2.05, 4.69) is 5.32 Å². The fourth-order valence-corrected chi connectivity index (χ4v) is 2.74. The number of rotatable bonds is 8. The number of carbonyl (C=O) groups excluding carboxylic acids is 2. The first kappa shape index (κ1) is 19.7. The lowest BCUT2D eigenvalue weighted by Crippen LogP contribution is -2.48. The van der Waals surface area contributed by atoms with Gasteiger partial charge >= 0.3 is 0 Å². The number of nitrogens with one attached hydrogen (secondary N) is 1. The van der Waals surface area contributed by atoms with Crippen molar-refractivity contribution < 1.29 is 9.59 Å². The van der Waals surface area contributed by atoms with Crippen LogP contribution < -0.4 is 5.32 Å². The largest absolute Gasteiger partial charge is 0.354 e.